The van der Waals surface area contributed by atoms with Gasteiger partial charge >= 0.3 is 0 Å². The summed E-state index contributed by atoms with van der Waals surface area (Å²) in [5.41, 5.74) is 1.38. The van der Waals surface area contributed by atoms with Gasteiger partial charge in [-0.15, -0.1) is 0 Å². The van der Waals surface area contributed by atoms with E-state index in [0.29, 0.717) is 23.6 Å². The van der Waals surface area contributed by atoms with Crippen molar-refractivity contribution in [3.05, 3.63) is 23.8 Å². The third-order valence-electron chi connectivity index (χ3n) is 2.22. The zero-order valence-electron chi connectivity index (χ0n) is 11.0. The van der Waals surface area contributed by atoms with E-state index in [-0.39, 0.29) is 12.5 Å². The number of methoxy groups -OCH3 is 1. The molecule has 0 unspecified atom stereocenters. The minimum atomic E-state index is -0.0775. The molecule has 1 aromatic rings. The van der Waals surface area contributed by atoms with E-state index in [0.717, 1.165) is 5.56 Å². The van der Waals surface area contributed by atoms with Crippen molar-refractivity contribution in [2.45, 2.75) is 6.42 Å². The number of ether oxygens (including phenoxy) is 1. The molecular weight excluding hydrogens is 262 g/mol. The molecule has 0 fully saturated rings. The van der Waals surface area contributed by atoms with Gasteiger partial charge in [0.1, 0.15) is 5.75 Å². The molecule has 0 aliphatic carbocycles. The van der Waals surface area contributed by atoms with Crippen LogP contribution in [0.15, 0.2) is 18.2 Å². The molecule has 1 rings (SSSR count). The molecule has 19 heavy (non-hydrogen) atoms. The highest BCUT2D eigenvalue weighted by Gasteiger charge is 2.07. The quantitative estimate of drug-likeness (QED) is 0.806. The van der Waals surface area contributed by atoms with Crippen LogP contribution in [0, 0.1) is 11.8 Å². The van der Waals surface area contributed by atoms with Crippen molar-refractivity contribution >= 4 is 23.4 Å². The van der Waals surface area contributed by atoms with Crippen molar-refractivity contribution in [3.63, 3.8) is 0 Å². The summed E-state index contributed by atoms with van der Waals surface area (Å²) in [6.45, 7) is 0.0421. The lowest BCUT2D eigenvalue weighted by Crippen LogP contribution is -2.14. The van der Waals surface area contributed by atoms with Crippen LogP contribution in [0.2, 0.25) is 0 Å². The lowest BCUT2D eigenvalue weighted by atomic mass is 10.2. The Balaban J connectivity index is 2.90. The maximum atomic E-state index is 11.6. The van der Waals surface area contributed by atoms with Crippen LogP contribution in [-0.4, -0.2) is 36.7 Å². The van der Waals surface area contributed by atoms with Gasteiger partial charge in [-0.2, -0.15) is 11.8 Å². The maximum Gasteiger partial charge on any atom is 0.234 e. The summed E-state index contributed by atoms with van der Waals surface area (Å²) in [6.07, 6.45) is 2.30. The van der Waals surface area contributed by atoms with Crippen LogP contribution in [-0.2, 0) is 4.79 Å². The van der Waals surface area contributed by atoms with Gasteiger partial charge in [0, 0.05) is 12.0 Å². The molecule has 0 bridgehead atoms. The zero-order chi connectivity index (χ0) is 14.1. The van der Waals surface area contributed by atoms with Crippen molar-refractivity contribution in [3.8, 4) is 17.6 Å². The number of amides is 1. The number of hydrogen-bond donors (Lipinski definition) is 2. The topological polar surface area (TPSA) is 58.6 Å². The second-order valence-electron chi connectivity index (χ2n) is 3.67. The van der Waals surface area contributed by atoms with Gasteiger partial charge in [0.15, 0.2) is 0 Å². The number of thioether (sulfide) groups is 1. The number of nitrogens with one attached hydrogen (secondary N) is 1. The zero-order valence-corrected chi connectivity index (χ0v) is 11.8. The molecule has 1 amide bonds. The minimum Gasteiger partial charge on any atom is -0.495 e. The predicted octanol–water partition coefficient (Wildman–Crippen LogP) is 1.73. The fourth-order valence-corrected chi connectivity index (χ4v) is 1.76. The monoisotopic (exact) mass is 279 g/mol. The Morgan fingerprint density at radius 3 is 2.95 bits per heavy atom. The van der Waals surface area contributed by atoms with Crippen molar-refractivity contribution in [2.75, 3.05) is 31.0 Å². The predicted molar refractivity (Wildman–Crippen MR) is 78.6 cm³/mol. The number of aliphatic hydroxyl groups excluding tert-OH is 1. The number of aliphatic hydroxyl groups is 1. The second-order valence-corrected chi connectivity index (χ2v) is 4.54. The molecule has 0 saturated carbocycles. The molecule has 1 aromatic carbocycles. The van der Waals surface area contributed by atoms with Gasteiger partial charge in [-0.25, -0.2) is 0 Å². The Morgan fingerprint density at radius 1 is 1.53 bits per heavy atom. The number of carbonyl (C=O) groups excluding carboxylic acids is 1. The molecule has 102 valence electrons. The standard InChI is InChI=1S/C14H17NO3S/c1-18-13-7-6-11(5-3-4-8-16)9-12(13)15-14(17)10-19-2/h6-7,9,16H,4,8,10H2,1-2H3,(H,15,17). The number of rotatable bonds is 5. The minimum absolute atomic E-state index is 0.0421. The Hall–Kier alpha value is -1.64. The molecule has 0 radical (unpaired) electrons. The second kappa shape index (κ2) is 8.46. The Bertz CT molecular complexity index is 491. The average molecular weight is 279 g/mol. The number of benzene rings is 1. The first-order valence-electron chi connectivity index (χ1n) is 5.77. The van der Waals surface area contributed by atoms with E-state index in [1.165, 1.54) is 11.8 Å². The number of anilines is 1. The Labute approximate surface area is 117 Å². The van der Waals surface area contributed by atoms with Gasteiger partial charge in [0.2, 0.25) is 5.91 Å². The fraction of sp³-hybridized carbons (Fsp3) is 0.357. The smallest absolute Gasteiger partial charge is 0.234 e. The maximum absolute atomic E-state index is 11.6. The van der Waals surface area contributed by atoms with Crippen LogP contribution in [0.3, 0.4) is 0 Å². The van der Waals surface area contributed by atoms with Gasteiger partial charge in [-0.1, -0.05) is 11.8 Å². The highest BCUT2D eigenvalue weighted by molar-refractivity contribution is 7.99. The lowest BCUT2D eigenvalue weighted by Gasteiger charge is -2.10. The third kappa shape index (κ3) is 5.25. The number of hydrogen-bond acceptors (Lipinski definition) is 4. The molecule has 0 aliphatic rings. The summed E-state index contributed by atoms with van der Waals surface area (Å²) in [5.74, 6) is 6.67. The highest BCUT2D eigenvalue weighted by atomic mass is 32.2. The van der Waals surface area contributed by atoms with E-state index in [4.69, 9.17) is 9.84 Å². The van der Waals surface area contributed by atoms with E-state index in [1.54, 1.807) is 19.2 Å². The van der Waals surface area contributed by atoms with Gasteiger partial charge in [-0.05, 0) is 24.5 Å². The molecule has 4 nitrogen and oxygen atoms in total. The van der Waals surface area contributed by atoms with Crippen LogP contribution >= 0.6 is 11.8 Å². The molecule has 0 aromatic heterocycles. The molecule has 0 atom stereocenters. The highest BCUT2D eigenvalue weighted by Crippen LogP contribution is 2.25. The van der Waals surface area contributed by atoms with Crippen molar-refractivity contribution in [1.82, 2.24) is 0 Å². The Kier molecular flexibility index (Phi) is 6.86. The van der Waals surface area contributed by atoms with E-state index < -0.39 is 0 Å². The molecule has 0 spiro atoms. The summed E-state index contributed by atoms with van der Waals surface area (Å²) < 4.78 is 5.20. The molecule has 0 saturated heterocycles. The van der Waals surface area contributed by atoms with Gasteiger partial charge in [-0.3, -0.25) is 4.79 Å². The average Bonchev–Trinajstić information content (AvgIpc) is 2.39. The normalized spacial score (nSPS) is 9.42. The van der Waals surface area contributed by atoms with E-state index in [1.807, 2.05) is 12.3 Å². The lowest BCUT2D eigenvalue weighted by molar-refractivity contribution is -0.113. The molecule has 5 heteroatoms. The molecular formula is C14H17NO3S. The van der Waals surface area contributed by atoms with Crippen LogP contribution in [0.25, 0.3) is 0 Å². The van der Waals surface area contributed by atoms with Crippen molar-refractivity contribution in [1.29, 1.82) is 0 Å². The summed E-state index contributed by atoms with van der Waals surface area (Å²) in [4.78, 5) is 11.6. The molecule has 2 N–H and O–H groups in total. The summed E-state index contributed by atoms with van der Waals surface area (Å²) in [6, 6.07) is 5.34. The van der Waals surface area contributed by atoms with Crippen LogP contribution in [0.1, 0.15) is 12.0 Å². The van der Waals surface area contributed by atoms with Crippen molar-refractivity contribution in [2.24, 2.45) is 0 Å². The van der Waals surface area contributed by atoms with E-state index in [2.05, 4.69) is 17.2 Å². The molecule has 0 heterocycles. The van der Waals surface area contributed by atoms with E-state index in [9.17, 15) is 4.79 Å². The summed E-state index contributed by atoms with van der Waals surface area (Å²) >= 11 is 1.45. The van der Waals surface area contributed by atoms with Gasteiger partial charge in [0.05, 0.1) is 25.2 Å². The van der Waals surface area contributed by atoms with Crippen LogP contribution in [0.4, 0.5) is 5.69 Å². The van der Waals surface area contributed by atoms with Crippen LogP contribution in [0.5, 0.6) is 5.75 Å². The van der Waals surface area contributed by atoms with Crippen molar-refractivity contribution < 1.29 is 14.6 Å². The SMILES string of the molecule is COc1ccc(C#CCCO)cc1NC(=O)CSC. The Morgan fingerprint density at radius 2 is 2.32 bits per heavy atom. The van der Waals surface area contributed by atoms with Gasteiger partial charge in [0.25, 0.3) is 0 Å². The largest absolute Gasteiger partial charge is 0.495 e. The first kappa shape index (κ1) is 15.4. The molecule has 0 aliphatic heterocycles. The summed E-state index contributed by atoms with van der Waals surface area (Å²) in [7, 11) is 1.55. The first-order valence-corrected chi connectivity index (χ1v) is 7.17. The number of carbonyl (C=O) groups is 1. The summed E-state index contributed by atoms with van der Waals surface area (Å²) in [5, 5.41) is 11.5. The fourth-order valence-electron chi connectivity index (χ4n) is 1.42. The first-order chi connectivity index (χ1) is 9.21. The third-order valence-corrected chi connectivity index (χ3v) is 2.77. The van der Waals surface area contributed by atoms with E-state index >= 15 is 0 Å². The van der Waals surface area contributed by atoms with Gasteiger partial charge < -0.3 is 15.2 Å². The van der Waals surface area contributed by atoms with Crippen LogP contribution < -0.4 is 10.1 Å².